The lowest BCUT2D eigenvalue weighted by Crippen LogP contribution is -2.42. The molecule has 1 fully saturated rings. The Morgan fingerprint density at radius 3 is 2.69 bits per heavy atom. The minimum Gasteiger partial charge on any atom is -0.341 e. The monoisotopic (exact) mass is 184 g/mol. The van der Waals surface area contributed by atoms with Crippen LogP contribution in [0.1, 0.15) is 33.6 Å². The highest BCUT2D eigenvalue weighted by molar-refractivity contribution is 5.78. The second-order valence-electron chi connectivity index (χ2n) is 4.47. The predicted octanol–water partition coefficient (Wildman–Crippen LogP) is 0.982. The molecular weight excluding hydrogens is 164 g/mol. The van der Waals surface area contributed by atoms with E-state index in [1.54, 1.807) is 0 Å². The van der Waals surface area contributed by atoms with E-state index in [4.69, 9.17) is 5.73 Å². The highest BCUT2D eigenvalue weighted by atomic mass is 16.2. The van der Waals surface area contributed by atoms with E-state index in [0.29, 0.717) is 0 Å². The summed E-state index contributed by atoms with van der Waals surface area (Å²) in [4.78, 5) is 13.6. The van der Waals surface area contributed by atoms with Gasteiger partial charge >= 0.3 is 0 Å². The van der Waals surface area contributed by atoms with Gasteiger partial charge in [-0.1, -0.05) is 13.8 Å². The molecule has 3 heteroatoms. The van der Waals surface area contributed by atoms with Crippen LogP contribution in [0.15, 0.2) is 0 Å². The van der Waals surface area contributed by atoms with E-state index in [-0.39, 0.29) is 17.4 Å². The van der Waals surface area contributed by atoms with Crippen LogP contribution in [0.25, 0.3) is 0 Å². The van der Waals surface area contributed by atoms with Gasteiger partial charge in [0.25, 0.3) is 0 Å². The molecule has 0 radical (unpaired) electrons. The Kier molecular flexibility index (Phi) is 2.96. The lowest BCUT2D eigenvalue weighted by atomic mass is 10.0. The normalized spacial score (nSPS) is 30.6. The van der Waals surface area contributed by atoms with Gasteiger partial charge in [0, 0.05) is 24.5 Å². The van der Waals surface area contributed by atoms with E-state index in [1.807, 2.05) is 25.7 Å². The summed E-state index contributed by atoms with van der Waals surface area (Å²) in [7, 11) is 0. The Balaban J connectivity index is 2.51. The number of likely N-dealkylation sites (tertiary alicyclic amines) is 1. The third-order valence-corrected chi connectivity index (χ3v) is 2.85. The number of amides is 1. The van der Waals surface area contributed by atoms with Crippen LogP contribution >= 0.6 is 0 Å². The van der Waals surface area contributed by atoms with Crippen molar-refractivity contribution in [2.45, 2.75) is 39.2 Å². The third-order valence-electron chi connectivity index (χ3n) is 2.85. The van der Waals surface area contributed by atoms with Crippen LogP contribution in [0, 0.1) is 5.92 Å². The Morgan fingerprint density at radius 1 is 1.69 bits per heavy atom. The van der Waals surface area contributed by atoms with Gasteiger partial charge in [0.15, 0.2) is 0 Å². The summed E-state index contributed by atoms with van der Waals surface area (Å²) < 4.78 is 0. The van der Waals surface area contributed by atoms with Crippen molar-refractivity contribution in [1.82, 2.24) is 4.90 Å². The molecule has 1 rings (SSSR count). The summed E-state index contributed by atoms with van der Waals surface area (Å²) >= 11 is 0. The highest BCUT2D eigenvalue weighted by Gasteiger charge is 2.33. The zero-order valence-corrected chi connectivity index (χ0v) is 8.84. The second-order valence-corrected chi connectivity index (χ2v) is 4.47. The molecule has 0 spiro atoms. The largest absolute Gasteiger partial charge is 0.341 e. The number of hydrogen-bond donors (Lipinski definition) is 1. The minimum absolute atomic E-state index is 0.147. The maximum Gasteiger partial charge on any atom is 0.225 e. The van der Waals surface area contributed by atoms with Crippen LogP contribution in [0.3, 0.4) is 0 Å². The maximum atomic E-state index is 11.7. The molecule has 0 aromatic carbocycles. The summed E-state index contributed by atoms with van der Waals surface area (Å²) in [6.45, 7) is 7.58. The standard InChI is InChI=1S/C10H20N2O/c1-4-8(2)9(13)12-6-5-10(3,11)7-12/h8H,4-7,11H2,1-3H3. The second kappa shape index (κ2) is 3.66. The topological polar surface area (TPSA) is 46.3 Å². The van der Waals surface area contributed by atoms with Crippen LogP contribution in [-0.4, -0.2) is 29.4 Å². The molecule has 0 aromatic rings. The Labute approximate surface area is 80.3 Å². The molecule has 2 unspecified atom stereocenters. The highest BCUT2D eigenvalue weighted by Crippen LogP contribution is 2.20. The molecule has 0 saturated carbocycles. The lowest BCUT2D eigenvalue weighted by Gasteiger charge is -2.22. The SMILES string of the molecule is CCC(C)C(=O)N1CCC(C)(N)C1. The molecule has 0 aliphatic carbocycles. The molecule has 2 N–H and O–H groups in total. The van der Waals surface area contributed by atoms with E-state index in [2.05, 4.69) is 0 Å². The van der Waals surface area contributed by atoms with Crippen molar-refractivity contribution in [3.05, 3.63) is 0 Å². The minimum atomic E-state index is -0.164. The summed E-state index contributed by atoms with van der Waals surface area (Å²) in [5.41, 5.74) is 5.79. The van der Waals surface area contributed by atoms with Gasteiger partial charge in [-0.3, -0.25) is 4.79 Å². The Bertz CT molecular complexity index is 201. The third kappa shape index (κ3) is 2.44. The zero-order chi connectivity index (χ0) is 10.1. The molecule has 3 nitrogen and oxygen atoms in total. The number of hydrogen-bond acceptors (Lipinski definition) is 2. The molecule has 1 aliphatic heterocycles. The fourth-order valence-electron chi connectivity index (χ4n) is 1.66. The van der Waals surface area contributed by atoms with Crippen molar-refractivity contribution >= 4 is 5.91 Å². The number of carbonyl (C=O) groups is 1. The van der Waals surface area contributed by atoms with E-state index in [0.717, 1.165) is 25.9 Å². The molecule has 2 atom stereocenters. The molecule has 13 heavy (non-hydrogen) atoms. The number of rotatable bonds is 2. The van der Waals surface area contributed by atoms with Crippen LogP contribution < -0.4 is 5.73 Å². The van der Waals surface area contributed by atoms with Gasteiger partial charge in [-0.2, -0.15) is 0 Å². The van der Waals surface area contributed by atoms with Gasteiger partial charge < -0.3 is 10.6 Å². The quantitative estimate of drug-likeness (QED) is 0.695. The molecule has 0 bridgehead atoms. The molecule has 1 aliphatic rings. The number of nitrogens with two attached hydrogens (primary N) is 1. The summed E-state index contributed by atoms with van der Waals surface area (Å²) in [6.07, 6.45) is 1.84. The average molecular weight is 184 g/mol. The van der Waals surface area contributed by atoms with E-state index in [9.17, 15) is 4.79 Å². The van der Waals surface area contributed by atoms with Crippen molar-refractivity contribution < 1.29 is 4.79 Å². The molecule has 1 amide bonds. The van der Waals surface area contributed by atoms with Gasteiger partial charge in [-0.05, 0) is 19.8 Å². The zero-order valence-electron chi connectivity index (χ0n) is 8.84. The Hall–Kier alpha value is -0.570. The first kappa shape index (κ1) is 10.5. The number of carbonyl (C=O) groups excluding carboxylic acids is 1. The van der Waals surface area contributed by atoms with E-state index >= 15 is 0 Å². The van der Waals surface area contributed by atoms with Crippen LogP contribution in [0.4, 0.5) is 0 Å². The van der Waals surface area contributed by atoms with Crippen LogP contribution in [0.5, 0.6) is 0 Å². The van der Waals surface area contributed by atoms with Crippen LogP contribution in [-0.2, 0) is 4.79 Å². The fraction of sp³-hybridized carbons (Fsp3) is 0.900. The van der Waals surface area contributed by atoms with Gasteiger partial charge in [0.05, 0.1) is 0 Å². The predicted molar refractivity (Wildman–Crippen MR) is 53.2 cm³/mol. The van der Waals surface area contributed by atoms with Gasteiger partial charge in [-0.15, -0.1) is 0 Å². The first-order chi connectivity index (χ1) is 5.96. The summed E-state index contributed by atoms with van der Waals surface area (Å²) in [6, 6.07) is 0. The average Bonchev–Trinajstić information content (AvgIpc) is 2.43. The van der Waals surface area contributed by atoms with E-state index in [1.165, 1.54) is 0 Å². The van der Waals surface area contributed by atoms with Crippen molar-refractivity contribution in [3.63, 3.8) is 0 Å². The van der Waals surface area contributed by atoms with Crippen molar-refractivity contribution in [1.29, 1.82) is 0 Å². The summed E-state index contributed by atoms with van der Waals surface area (Å²) in [5.74, 6) is 0.408. The first-order valence-electron chi connectivity index (χ1n) is 5.04. The van der Waals surface area contributed by atoms with Gasteiger partial charge in [-0.25, -0.2) is 0 Å². The van der Waals surface area contributed by atoms with Gasteiger partial charge in [0.2, 0.25) is 5.91 Å². The number of nitrogens with zero attached hydrogens (tertiary/aromatic N) is 1. The lowest BCUT2D eigenvalue weighted by molar-refractivity contribution is -0.134. The van der Waals surface area contributed by atoms with E-state index < -0.39 is 0 Å². The maximum absolute atomic E-state index is 11.7. The molecular formula is C10H20N2O. The van der Waals surface area contributed by atoms with Crippen molar-refractivity contribution in [2.24, 2.45) is 11.7 Å². The smallest absolute Gasteiger partial charge is 0.225 e. The molecule has 1 heterocycles. The van der Waals surface area contributed by atoms with Gasteiger partial charge in [0.1, 0.15) is 0 Å². The first-order valence-corrected chi connectivity index (χ1v) is 5.04. The molecule has 1 saturated heterocycles. The summed E-state index contributed by atoms with van der Waals surface area (Å²) in [5, 5.41) is 0. The Morgan fingerprint density at radius 2 is 2.31 bits per heavy atom. The van der Waals surface area contributed by atoms with Crippen molar-refractivity contribution in [2.75, 3.05) is 13.1 Å². The van der Waals surface area contributed by atoms with Crippen LogP contribution in [0.2, 0.25) is 0 Å². The molecule has 0 aromatic heterocycles. The fourth-order valence-corrected chi connectivity index (χ4v) is 1.66. The van der Waals surface area contributed by atoms with Crippen molar-refractivity contribution in [3.8, 4) is 0 Å². The molecule has 76 valence electrons.